The Kier molecular flexibility index (Phi) is 8.87. The van der Waals surface area contributed by atoms with Crippen LogP contribution in [0.5, 0.6) is 17.2 Å². The highest BCUT2D eigenvalue weighted by Gasteiger charge is 2.41. The fourth-order valence-corrected chi connectivity index (χ4v) is 6.18. The summed E-state index contributed by atoms with van der Waals surface area (Å²) in [7, 11) is 0. The van der Waals surface area contributed by atoms with Gasteiger partial charge >= 0.3 is 6.09 Å². The molecular weight excluding hydrogens is 576 g/mol. The largest absolute Gasteiger partial charge is 0.493 e. The summed E-state index contributed by atoms with van der Waals surface area (Å²) in [6.07, 6.45) is 0.689. The molecule has 3 aromatic rings. The number of carbonyl (C=O) groups excluding carboxylic acids is 2. The molecular formula is C35H40N2O8. The van der Waals surface area contributed by atoms with E-state index in [9.17, 15) is 14.7 Å². The lowest BCUT2D eigenvalue weighted by atomic mass is 9.86. The van der Waals surface area contributed by atoms with Crippen LogP contribution in [0.25, 0.3) is 0 Å². The average molecular weight is 617 g/mol. The van der Waals surface area contributed by atoms with Gasteiger partial charge in [-0.25, -0.2) is 4.79 Å². The van der Waals surface area contributed by atoms with Gasteiger partial charge in [-0.05, 0) is 79.3 Å². The first-order valence-corrected chi connectivity index (χ1v) is 15.4. The first kappa shape index (κ1) is 30.7. The molecule has 10 nitrogen and oxygen atoms in total. The third-order valence-corrected chi connectivity index (χ3v) is 8.21. The van der Waals surface area contributed by atoms with Gasteiger partial charge in [0.2, 0.25) is 12.7 Å². The maximum Gasteiger partial charge on any atom is 0.408 e. The number of aliphatic hydroxyl groups excluding tert-OH is 1. The van der Waals surface area contributed by atoms with Gasteiger partial charge in [0.05, 0.1) is 38.5 Å². The molecule has 0 bridgehead atoms. The summed E-state index contributed by atoms with van der Waals surface area (Å²) in [6.45, 7) is 6.35. The van der Waals surface area contributed by atoms with Crippen molar-refractivity contribution in [1.82, 2.24) is 10.2 Å². The number of hydrogen-bond donors (Lipinski definition) is 2. The van der Waals surface area contributed by atoms with Crippen LogP contribution >= 0.6 is 0 Å². The van der Waals surface area contributed by atoms with Gasteiger partial charge in [-0.1, -0.05) is 36.4 Å². The van der Waals surface area contributed by atoms with Crippen molar-refractivity contribution in [1.29, 1.82) is 0 Å². The molecule has 1 unspecified atom stereocenters. The highest BCUT2D eigenvalue weighted by atomic mass is 16.7. The highest BCUT2D eigenvalue weighted by Crippen LogP contribution is 2.40. The summed E-state index contributed by atoms with van der Waals surface area (Å²) in [5.41, 5.74) is 4.09. The number of nitrogens with zero attached hydrogens (tertiary/aromatic N) is 1. The van der Waals surface area contributed by atoms with Crippen LogP contribution in [-0.2, 0) is 40.1 Å². The zero-order valence-corrected chi connectivity index (χ0v) is 25.9. The second-order valence-electron chi connectivity index (χ2n) is 12.7. The van der Waals surface area contributed by atoms with E-state index in [-0.39, 0.29) is 32.3 Å². The highest BCUT2D eigenvalue weighted by molar-refractivity contribution is 5.87. The third-order valence-electron chi connectivity index (χ3n) is 8.21. The van der Waals surface area contributed by atoms with E-state index in [1.54, 1.807) is 31.7 Å². The Morgan fingerprint density at radius 3 is 2.56 bits per heavy atom. The van der Waals surface area contributed by atoms with Crippen LogP contribution in [0.2, 0.25) is 0 Å². The van der Waals surface area contributed by atoms with E-state index in [4.69, 9.17) is 23.7 Å². The lowest BCUT2D eigenvalue weighted by Crippen LogP contribution is -2.57. The maximum absolute atomic E-state index is 14.7. The Hall–Kier alpha value is -4.28. The quantitative estimate of drug-likeness (QED) is 0.362. The van der Waals surface area contributed by atoms with Crippen LogP contribution in [0.15, 0.2) is 60.7 Å². The Morgan fingerprint density at radius 1 is 0.978 bits per heavy atom. The smallest absolute Gasteiger partial charge is 0.408 e. The molecule has 0 spiro atoms. The number of fused-ring (bicyclic) bond motifs is 3. The number of ether oxygens (including phenoxy) is 5. The van der Waals surface area contributed by atoms with Crippen molar-refractivity contribution in [2.75, 3.05) is 26.6 Å². The normalized spacial score (nSPS) is 18.9. The minimum absolute atomic E-state index is 0.127. The summed E-state index contributed by atoms with van der Waals surface area (Å²) in [6, 6.07) is 17.4. The molecule has 6 rings (SSSR count). The van der Waals surface area contributed by atoms with Gasteiger partial charge in [-0.15, -0.1) is 0 Å². The number of hydrogen-bond acceptors (Lipinski definition) is 8. The molecule has 0 aromatic heterocycles. The molecule has 3 atom stereocenters. The number of nitrogens with one attached hydrogen (secondary N) is 1. The lowest BCUT2D eigenvalue weighted by Gasteiger charge is -2.44. The number of benzene rings is 3. The van der Waals surface area contributed by atoms with Crippen LogP contribution < -0.4 is 19.5 Å². The molecule has 45 heavy (non-hydrogen) atoms. The van der Waals surface area contributed by atoms with Crippen LogP contribution in [0, 0.1) is 0 Å². The van der Waals surface area contributed by atoms with Crippen molar-refractivity contribution in [2.24, 2.45) is 0 Å². The molecule has 10 heteroatoms. The number of alkyl carbamates (subject to hydrolysis) is 1. The van der Waals surface area contributed by atoms with Crippen LogP contribution in [0.4, 0.5) is 4.79 Å². The number of amides is 2. The molecule has 3 heterocycles. The van der Waals surface area contributed by atoms with Crippen molar-refractivity contribution >= 4 is 12.0 Å². The zero-order chi connectivity index (χ0) is 31.6. The van der Waals surface area contributed by atoms with Gasteiger partial charge in [0.1, 0.15) is 17.4 Å². The summed E-state index contributed by atoms with van der Waals surface area (Å²) < 4.78 is 28.7. The SMILES string of the molecule is CC(C)(C)OC(=O)N[C@@H](Cc1ccc2c(c1)OCO2)C(=O)N1C(COCc2ccccc2)c2cc3c(cc2C[C@H]1CO)OCC3. The zero-order valence-electron chi connectivity index (χ0n) is 25.9. The van der Waals surface area contributed by atoms with Crippen molar-refractivity contribution in [3.8, 4) is 17.2 Å². The van der Waals surface area contributed by atoms with E-state index >= 15 is 0 Å². The third kappa shape index (κ3) is 7.02. The maximum atomic E-state index is 14.7. The second-order valence-corrected chi connectivity index (χ2v) is 12.7. The van der Waals surface area contributed by atoms with Gasteiger partial charge in [0.25, 0.3) is 0 Å². The lowest BCUT2D eigenvalue weighted by molar-refractivity contribution is -0.143. The Bertz CT molecular complexity index is 1540. The first-order valence-electron chi connectivity index (χ1n) is 15.4. The summed E-state index contributed by atoms with van der Waals surface area (Å²) in [4.78, 5) is 29.5. The summed E-state index contributed by atoms with van der Waals surface area (Å²) in [5, 5.41) is 13.5. The molecule has 238 valence electrons. The second kappa shape index (κ2) is 13.0. The molecule has 3 aliphatic rings. The molecule has 0 saturated heterocycles. The van der Waals surface area contributed by atoms with Crippen molar-refractivity contribution in [2.45, 2.75) is 70.4 Å². The molecule has 0 saturated carbocycles. The van der Waals surface area contributed by atoms with Crippen LogP contribution in [0.1, 0.15) is 54.6 Å². The van der Waals surface area contributed by atoms with E-state index in [0.717, 1.165) is 40.0 Å². The fraction of sp³-hybridized carbons (Fsp3) is 0.429. The van der Waals surface area contributed by atoms with Crippen molar-refractivity contribution in [3.63, 3.8) is 0 Å². The molecule has 0 aliphatic carbocycles. The molecule has 2 N–H and O–H groups in total. The molecule has 0 fully saturated rings. The molecule has 0 radical (unpaired) electrons. The Balaban J connectivity index is 1.34. The molecule has 3 aromatic carbocycles. The van der Waals surface area contributed by atoms with Gasteiger partial charge in [-0.3, -0.25) is 4.79 Å². The fourth-order valence-electron chi connectivity index (χ4n) is 6.18. The van der Waals surface area contributed by atoms with Crippen LogP contribution in [-0.4, -0.2) is 66.3 Å². The number of carbonyl (C=O) groups is 2. The predicted octanol–water partition coefficient (Wildman–Crippen LogP) is 4.49. The van der Waals surface area contributed by atoms with Crippen LogP contribution in [0.3, 0.4) is 0 Å². The first-order chi connectivity index (χ1) is 21.7. The van der Waals surface area contributed by atoms with Gasteiger partial charge in [0.15, 0.2) is 11.5 Å². The average Bonchev–Trinajstić information content (AvgIpc) is 3.67. The summed E-state index contributed by atoms with van der Waals surface area (Å²) in [5.74, 6) is 1.72. The molecule has 2 amide bonds. The van der Waals surface area contributed by atoms with E-state index in [1.165, 1.54) is 0 Å². The minimum Gasteiger partial charge on any atom is -0.493 e. The number of rotatable bonds is 9. The predicted molar refractivity (Wildman–Crippen MR) is 165 cm³/mol. The Labute approximate surface area is 263 Å². The standard InChI is InChI=1S/C35H40N2O8/c1-35(2,3)45-34(40)36-28(13-23-9-10-30-32(14-23)44-21-43-30)33(39)37-26(18-38)15-25-17-31-24(11-12-42-31)16-27(25)29(37)20-41-19-22-7-5-4-6-8-22/h4-10,14,16-17,26,28-29,38H,11-13,15,18-21H2,1-3H3,(H,36,40)/t26-,28-,29?/m0/s1. The number of aliphatic hydroxyl groups is 1. The summed E-state index contributed by atoms with van der Waals surface area (Å²) >= 11 is 0. The van der Waals surface area contributed by atoms with E-state index in [1.807, 2.05) is 48.5 Å². The van der Waals surface area contributed by atoms with Gasteiger partial charge in [-0.2, -0.15) is 0 Å². The monoisotopic (exact) mass is 616 g/mol. The van der Waals surface area contributed by atoms with E-state index < -0.39 is 29.8 Å². The minimum atomic E-state index is -0.995. The van der Waals surface area contributed by atoms with Crippen molar-refractivity contribution < 1.29 is 38.4 Å². The van der Waals surface area contributed by atoms with E-state index in [0.29, 0.717) is 31.1 Å². The van der Waals surface area contributed by atoms with E-state index in [2.05, 4.69) is 11.4 Å². The van der Waals surface area contributed by atoms with Crippen molar-refractivity contribution in [3.05, 3.63) is 88.5 Å². The topological polar surface area (TPSA) is 116 Å². The molecule has 3 aliphatic heterocycles. The Morgan fingerprint density at radius 2 is 1.78 bits per heavy atom. The van der Waals surface area contributed by atoms with Gasteiger partial charge in [0, 0.05) is 12.8 Å². The van der Waals surface area contributed by atoms with Gasteiger partial charge < -0.3 is 39.0 Å².